The van der Waals surface area contributed by atoms with E-state index in [1.807, 2.05) is 13.8 Å². The van der Waals surface area contributed by atoms with Crippen LogP contribution in [0.3, 0.4) is 0 Å². The fraction of sp³-hybridized carbons (Fsp3) is 0.227. The Kier molecular flexibility index (Phi) is 4.78. The number of carbonyl (C=O) groups excluding carboxylic acids is 1. The molecular formula is C22H19ClN4O4. The van der Waals surface area contributed by atoms with Gasteiger partial charge in [-0.05, 0) is 32.0 Å². The third-order valence-electron chi connectivity index (χ3n) is 4.95. The molecule has 1 amide bonds. The smallest absolute Gasteiger partial charge is 0.256 e. The lowest BCUT2D eigenvalue weighted by Gasteiger charge is -2.20. The SMILES string of the molecule is CC(C)n1ncc2c(C(=O)Nc3cc4c(cc3Cl)OCCO4)cc(-c3ccco3)nc21. The molecule has 0 radical (unpaired) electrons. The Morgan fingerprint density at radius 2 is 1.97 bits per heavy atom. The van der Waals surface area contributed by atoms with Gasteiger partial charge in [0.05, 0.1) is 34.1 Å². The second-order valence-corrected chi connectivity index (χ2v) is 7.79. The van der Waals surface area contributed by atoms with Gasteiger partial charge in [0.1, 0.15) is 18.9 Å². The number of anilines is 1. The highest BCUT2D eigenvalue weighted by Gasteiger charge is 2.21. The predicted molar refractivity (Wildman–Crippen MR) is 116 cm³/mol. The van der Waals surface area contributed by atoms with Gasteiger partial charge < -0.3 is 19.2 Å². The summed E-state index contributed by atoms with van der Waals surface area (Å²) in [7, 11) is 0. The topological polar surface area (TPSA) is 91.4 Å². The maximum atomic E-state index is 13.3. The summed E-state index contributed by atoms with van der Waals surface area (Å²) in [6, 6.07) is 8.63. The lowest BCUT2D eigenvalue weighted by molar-refractivity contribution is 0.102. The van der Waals surface area contributed by atoms with Crippen LogP contribution in [0.2, 0.25) is 5.02 Å². The number of rotatable bonds is 4. The molecule has 0 saturated heterocycles. The van der Waals surface area contributed by atoms with E-state index in [1.165, 1.54) is 0 Å². The van der Waals surface area contributed by atoms with Crippen LogP contribution < -0.4 is 14.8 Å². The highest BCUT2D eigenvalue weighted by molar-refractivity contribution is 6.34. The number of aromatic nitrogens is 3. The third-order valence-corrected chi connectivity index (χ3v) is 5.27. The maximum Gasteiger partial charge on any atom is 0.256 e. The van der Waals surface area contributed by atoms with Gasteiger partial charge in [-0.3, -0.25) is 4.79 Å². The molecule has 0 unspecified atom stereocenters. The largest absolute Gasteiger partial charge is 0.486 e. The molecule has 0 saturated carbocycles. The van der Waals surface area contributed by atoms with Crippen molar-refractivity contribution < 1.29 is 18.7 Å². The van der Waals surface area contributed by atoms with Crippen LogP contribution in [0, 0.1) is 0 Å². The van der Waals surface area contributed by atoms with E-state index >= 15 is 0 Å². The van der Waals surface area contributed by atoms with Gasteiger partial charge in [0.2, 0.25) is 0 Å². The zero-order valence-electron chi connectivity index (χ0n) is 16.9. The van der Waals surface area contributed by atoms with Crippen molar-refractivity contribution in [2.24, 2.45) is 0 Å². The average molecular weight is 439 g/mol. The Balaban J connectivity index is 1.58. The molecule has 5 rings (SSSR count). The predicted octanol–water partition coefficient (Wildman–Crippen LogP) is 4.95. The van der Waals surface area contributed by atoms with Gasteiger partial charge in [-0.15, -0.1) is 0 Å². The fourth-order valence-electron chi connectivity index (χ4n) is 3.48. The van der Waals surface area contributed by atoms with Gasteiger partial charge in [0.25, 0.3) is 5.91 Å². The molecule has 31 heavy (non-hydrogen) atoms. The molecule has 0 atom stereocenters. The molecule has 158 valence electrons. The number of fused-ring (bicyclic) bond motifs is 2. The molecule has 0 aliphatic carbocycles. The number of carbonyl (C=O) groups is 1. The molecule has 9 heteroatoms. The highest BCUT2D eigenvalue weighted by Crippen LogP contribution is 2.38. The Hall–Kier alpha value is -3.52. The van der Waals surface area contributed by atoms with E-state index in [0.29, 0.717) is 63.5 Å². The average Bonchev–Trinajstić information content (AvgIpc) is 3.43. The molecule has 3 aromatic heterocycles. The van der Waals surface area contributed by atoms with Crippen molar-refractivity contribution in [3.63, 3.8) is 0 Å². The van der Waals surface area contributed by atoms with E-state index in [2.05, 4.69) is 15.4 Å². The molecule has 0 bridgehead atoms. The van der Waals surface area contributed by atoms with Crippen LogP contribution in [-0.4, -0.2) is 33.9 Å². The summed E-state index contributed by atoms with van der Waals surface area (Å²) in [4.78, 5) is 18.0. The lowest BCUT2D eigenvalue weighted by atomic mass is 10.1. The second-order valence-electron chi connectivity index (χ2n) is 7.38. The van der Waals surface area contributed by atoms with Gasteiger partial charge >= 0.3 is 0 Å². The quantitative estimate of drug-likeness (QED) is 0.484. The number of nitrogens with one attached hydrogen (secondary N) is 1. The third kappa shape index (κ3) is 3.48. The first-order valence-corrected chi connectivity index (χ1v) is 10.2. The summed E-state index contributed by atoms with van der Waals surface area (Å²) in [5, 5.41) is 8.29. The number of halogens is 1. The molecular weight excluding hydrogens is 420 g/mol. The van der Waals surface area contributed by atoms with E-state index in [4.69, 9.17) is 25.5 Å². The van der Waals surface area contributed by atoms with Crippen molar-refractivity contribution in [1.82, 2.24) is 14.8 Å². The summed E-state index contributed by atoms with van der Waals surface area (Å²) in [5.41, 5.74) is 1.98. The van der Waals surface area contributed by atoms with Crippen LogP contribution in [-0.2, 0) is 0 Å². The van der Waals surface area contributed by atoms with Gasteiger partial charge in [0, 0.05) is 18.2 Å². The molecule has 1 N–H and O–H groups in total. The Morgan fingerprint density at radius 1 is 1.19 bits per heavy atom. The second kappa shape index (κ2) is 7.63. The molecule has 4 aromatic rings. The number of hydrogen-bond donors (Lipinski definition) is 1. The molecule has 4 heterocycles. The van der Waals surface area contributed by atoms with Crippen LogP contribution in [0.25, 0.3) is 22.5 Å². The number of pyridine rings is 1. The van der Waals surface area contributed by atoms with E-state index in [-0.39, 0.29) is 11.9 Å². The van der Waals surface area contributed by atoms with Crippen molar-refractivity contribution in [3.8, 4) is 23.0 Å². The number of ether oxygens (including phenoxy) is 2. The maximum absolute atomic E-state index is 13.3. The van der Waals surface area contributed by atoms with Crippen LogP contribution in [0.5, 0.6) is 11.5 Å². The molecule has 8 nitrogen and oxygen atoms in total. The normalized spacial score (nSPS) is 13.0. The van der Waals surface area contributed by atoms with E-state index in [1.54, 1.807) is 47.5 Å². The minimum absolute atomic E-state index is 0.0694. The number of amides is 1. The van der Waals surface area contributed by atoms with Crippen LogP contribution in [0.15, 0.2) is 47.2 Å². The van der Waals surface area contributed by atoms with Gasteiger partial charge in [-0.1, -0.05) is 11.6 Å². The standard InChI is InChI=1S/C22H19ClN4O4/c1-12(2)27-21-14(11-24-27)13(8-17(25-21)18-4-3-5-29-18)22(28)26-16-10-20-19(9-15(16)23)30-6-7-31-20/h3-5,8-12H,6-7H2,1-2H3,(H,26,28). The van der Waals surface area contributed by atoms with Gasteiger partial charge in [0.15, 0.2) is 22.9 Å². The molecule has 1 aliphatic rings. The van der Waals surface area contributed by atoms with Crippen molar-refractivity contribution in [2.75, 3.05) is 18.5 Å². The fourth-order valence-corrected chi connectivity index (χ4v) is 3.68. The first-order chi connectivity index (χ1) is 15.0. The molecule has 0 spiro atoms. The summed E-state index contributed by atoms with van der Waals surface area (Å²) < 4.78 is 18.4. The summed E-state index contributed by atoms with van der Waals surface area (Å²) in [6.45, 7) is 4.90. The number of furan rings is 1. The van der Waals surface area contributed by atoms with Crippen molar-refractivity contribution in [1.29, 1.82) is 0 Å². The number of nitrogens with zero attached hydrogens (tertiary/aromatic N) is 3. The Bertz CT molecular complexity index is 1280. The summed E-state index contributed by atoms with van der Waals surface area (Å²) in [5.74, 6) is 1.31. The van der Waals surface area contributed by atoms with Crippen molar-refractivity contribution >= 4 is 34.2 Å². The first-order valence-electron chi connectivity index (χ1n) is 9.84. The Morgan fingerprint density at radius 3 is 2.68 bits per heavy atom. The highest BCUT2D eigenvalue weighted by atomic mass is 35.5. The van der Waals surface area contributed by atoms with Crippen LogP contribution in [0.1, 0.15) is 30.2 Å². The van der Waals surface area contributed by atoms with Crippen molar-refractivity contribution in [3.05, 3.63) is 53.4 Å². The lowest BCUT2D eigenvalue weighted by Crippen LogP contribution is -2.17. The monoisotopic (exact) mass is 438 g/mol. The van der Waals surface area contributed by atoms with Gasteiger partial charge in [-0.2, -0.15) is 5.10 Å². The first kappa shape index (κ1) is 19.4. The van der Waals surface area contributed by atoms with Crippen LogP contribution >= 0.6 is 11.6 Å². The Labute approximate surface area is 182 Å². The molecule has 1 aliphatic heterocycles. The minimum Gasteiger partial charge on any atom is -0.486 e. The summed E-state index contributed by atoms with van der Waals surface area (Å²) in [6.07, 6.45) is 3.21. The van der Waals surface area contributed by atoms with E-state index < -0.39 is 0 Å². The van der Waals surface area contributed by atoms with Gasteiger partial charge in [-0.25, -0.2) is 9.67 Å². The van der Waals surface area contributed by atoms with E-state index in [9.17, 15) is 4.79 Å². The van der Waals surface area contributed by atoms with Crippen molar-refractivity contribution in [2.45, 2.75) is 19.9 Å². The molecule has 0 fully saturated rings. The molecule has 1 aromatic carbocycles. The minimum atomic E-state index is -0.345. The number of hydrogen-bond acceptors (Lipinski definition) is 6. The number of benzene rings is 1. The summed E-state index contributed by atoms with van der Waals surface area (Å²) >= 11 is 6.38. The van der Waals surface area contributed by atoms with E-state index in [0.717, 1.165) is 0 Å². The zero-order chi connectivity index (χ0) is 21.5. The van der Waals surface area contributed by atoms with Crippen LogP contribution in [0.4, 0.5) is 5.69 Å². The zero-order valence-corrected chi connectivity index (χ0v) is 17.6.